The van der Waals surface area contributed by atoms with Crippen molar-refractivity contribution in [3.63, 3.8) is 0 Å². The van der Waals surface area contributed by atoms with Crippen LogP contribution in [-0.4, -0.2) is 16.5 Å². The van der Waals surface area contributed by atoms with Crippen molar-refractivity contribution in [3.8, 4) is 11.4 Å². The van der Waals surface area contributed by atoms with E-state index in [1.165, 1.54) is 12.1 Å². The molecular weight excluding hydrogens is 353 g/mol. The molecule has 0 amide bonds. The molecule has 108 valence electrons. The van der Waals surface area contributed by atoms with Gasteiger partial charge < -0.3 is 5.32 Å². The predicted octanol–water partition coefficient (Wildman–Crippen LogP) is 5.08. The Labute approximate surface area is 134 Å². The van der Waals surface area contributed by atoms with Gasteiger partial charge >= 0.3 is 0 Å². The van der Waals surface area contributed by atoms with Crippen molar-refractivity contribution in [2.24, 2.45) is 0 Å². The maximum atomic E-state index is 13.2. The first-order valence-electron chi connectivity index (χ1n) is 6.63. The molecule has 0 radical (unpaired) electrons. The van der Waals surface area contributed by atoms with Crippen LogP contribution in [0.3, 0.4) is 0 Å². The molecule has 0 atom stereocenters. The first-order valence-corrected chi connectivity index (χ1v) is 8.31. The Morgan fingerprint density at radius 1 is 1.29 bits per heavy atom. The summed E-state index contributed by atoms with van der Waals surface area (Å²) in [6.07, 6.45) is 1.02. The third-order valence-corrected chi connectivity index (χ3v) is 4.50. The van der Waals surface area contributed by atoms with Gasteiger partial charge in [0.05, 0.1) is 5.39 Å². The van der Waals surface area contributed by atoms with Crippen molar-refractivity contribution in [2.45, 2.75) is 13.3 Å². The topological polar surface area (TPSA) is 37.8 Å². The highest BCUT2D eigenvalue weighted by molar-refractivity contribution is 9.10. The minimum atomic E-state index is -0.285. The molecule has 6 heteroatoms. The summed E-state index contributed by atoms with van der Waals surface area (Å²) in [7, 11) is 0. The highest BCUT2D eigenvalue weighted by atomic mass is 79.9. The Kier molecular flexibility index (Phi) is 4.17. The van der Waals surface area contributed by atoms with Crippen molar-refractivity contribution in [1.82, 2.24) is 9.97 Å². The van der Waals surface area contributed by atoms with Crippen LogP contribution in [0.1, 0.15) is 13.3 Å². The van der Waals surface area contributed by atoms with Gasteiger partial charge in [0, 0.05) is 16.6 Å². The normalized spacial score (nSPS) is 11.0. The lowest BCUT2D eigenvalue weighted by atomic mass is 10.2. The van der Waals surface area contributed by atoms with E-state index >= 15 is 0 Å². The molecule has 1 N–H and O–H groups in total. The van der Waals surface area contributed by atoms with Crippen molar-refractivity contribution in [3.05, 3.63) is 39.9 Å². The van der Waals surface area contributed by atoms with Crippen molar-refractivity contribution < 1.29 is 4.39 Å². The van der Waals surface area contributed by atoms with E-state index in [9.17, 15) is 4.39 Å². The molecule has 0 fully saturated rings. The molecule has 3 nitrogen and oxygen atoms in total. The van der Waals surface area contributed by atoms with Crippen LogP contribution in [0.2, 0.25) is 0 Å². The lowest BCUT2D eigenvalue weighted by Gasteiger charge is -2.09. The first-order chi connectivity index (χ1) is 10.2. The molecule has 21 heavy (non-hydrogen) atoms. The molecule has 0 aliphatic heterocycles. The maximum Gasteiger partial charge on any atom is 0.164 e. The van der Waals surface area contributed by atoms with Crippen LogP contribution in [0.25, 0.3) is 21.6 Å². The van der Waals surface area contributed by atoms with E-state index in [1.54, 1.807) is 17.4 Å². The molecule has 3 rings (SSSR count). The van der Waals surface area contributed by atoms with Gasteiger partial charge in [-0.2, -0.15) is 0 Å². The van der Waals surface area contributed by atoms with E-state index in [0.29, 0.717) is 10.3 Å². The van der Waals surface area contributed by atoms with E-state index in [2.05, 4.69) is 38.1 Å². The number of thiophene rings is 1. The summed E-state index contributed by atoms with van der Waals surface area (Å²) in [5, 5.41) is 6.35. The van der Waals surface area contributed by atoms with Crippen LogP contribution < -0.4 is 5.32 Å². The second-order valence-electron chi connectivity index (χ2n) is 4.59. The smallest absolute Gasteiger partial charge is 0.164 e. The van der Waals surface area contributed by atoms with Crippen molar-refractivity contribution in [1.29, 1.82) is 0 Å². The van der Waals surface area contributed by atoms with Gasteiger partial charge in [-0.3, -0.25) is 0 Å². The monoisotopic (exact) mass is 365 g/mol. The lowest BCUT2D eigenvalue weighted by molar-refractivity contribution is 0.627. The van der Waals surface area contributed by atoms with Gasteiger partial charge in [0.25, 0.3) is 0 Å². The summed E-state index contributed by atoms with van der Waals surface area (Å²) in [6, 6.07) is 6.55. The average Bonchev–Trinajstić information content (AvgIpc) is 2.93. The molecule has 3 aromatic rings. The second kappa shape index (κ2) is 6.07. The lowest BCUT2D eigenvalue weighted by Crippen LogP contribution is -2.04. The zero-order valence-corrected chi connectivity index (χ0v) is 13.8. The van der Waals surface area contributed by atoms with Crippen LogP contribution >= 0.6 is 27.3 Å². The minimum absolute atomic E-state index is 0.285. The number of fused-ring (bicyclic) bond motifs is 1. The van der Waals surface area contributed by atoms with Gasteiger partial charge in [0.2, 0.25) is 0 Å². The first kappa shape index (κ1) is 14.4. The summed E-state index contributed by atoms with van der Waals surface area (Å²) in [5.41, 5.74) is 0.784. The van der Waals surface area contributed by atoms with E-state index in [4.69, 9.17) is 0 Å². The number of nitrogens with one attached hydrogen (secondary N) is 1. The van der Waals surface area contributed by atoms with E-state index in [1.807, 2.05) is 11.4 Å². The number of hydrogen-bond acceptors (Lipinski definition) is 4. The number of halogens is 2. The van der Waals surface area contributed by atoms with Crippen LogP contribution in [-0.2, 0) is 0 Å². The molecule has 0 spiro atoms. The Morgan fingerprint density at radius 3 is 2.90 bits per heavy atom. The van der Waals surface area contributed by atoms with Gasteiger partial charge in [-0.25, -0.2) is 14.4 Å². The zero-order chi connectivity index (χ0) is 14.8. The van der Waals surface area contributed by atoms with Gasteiger partial charge in [0.1, 0.15) is 16.5 Å². The number of rotatable bonds is 4. The maximum absolute atomic E-state index is 13.2. The van der Waals surface area contributed by atoms with Gasteiger partial charge in [0.15, 0.2) is 5.82 Å². The summed E-state index contributed by atoms with van der Waals surface area (Å²) in [5.74, 6) is 1.14. The summed E-state index contributed by atoms with van der Waals surface area (Å²) in [4.78, 5) is 10.1. The molecule has 0 aliphatic rings. The van der Waals surface area contributed by atoms with Gasteiger partial charge in [-0.05, 0) is 52.0 Å². The van der Waals surface area contributed by atoms with Gasteiger partial charge in [-0.1, -0.05) is 6.92 Å². The number of aromatic nitrogens is 2. The third kappa shape index (κ3) is 2.91. The minimum Gasteiger partial charge on any atom is -0.369 e. The molecule has 0 saturated heterocycles. The number of hydrogen-bond donors (Lipinski definition) is 1. The third-order valence-electron chi connectivity index (χ3n) is 3.04. The second-order valence-corrected chi connectivity index (χ2v) is 6.34. The van der Waals surface area contributed by atoms with Crippen molar-refractivity contribution >= 4 is 43.3 Å². The largest absolute Gasteiger partial charge is 0.369 e. The van der Waals surface area contributed by atoms with Crippen LogP contribution in [0.5, 0.6) is 0 Å². The molecule has 1 aromatic carbocycles. The zero-order valence-electron chi connectivity index (χ0n) is 11.4. The molecule has 0 unspecified atom stereocenters. The predicted molar refractivity (Wildman–Crippen MR) is 89.3 cm³/mol. The highest BCUT2D eigenvalue weighted by Crippen LogP contribution is 2.31. The molecule has 0 aliphatic carbocycles. The SMILES string of the molecule is CCCNc1nc(-c2ccc(F)cc2Br)nc2sccc12. The van der Waals surface area contributed by atoms with Crippen LogP contribution in [0.4, 0.5) is 10.2 Å². The molecule has 0 saturated carbocycles. The Balaban J connectivity index is 2.13. The summed E-state index contributed by atoms with van der Waals surface area (Å²) in [6.45, 7) is 2.96. The standard InChI is InChI=1S/C15H13BrFN3S/c1-2-6-18-13-11-5-7-21-15(11)20-14(19-13)10-4-3-9(17)8-12(10)16/h3-5,7-8H,2,6H2,1H3,(H,18,19,20). The summed E-state index contributed by atoms with van der Waals surface area (Å²) < 4.78 is 13.9. The van der Waals surface area contributed by atoms with E-state index in [0.717, 1.165) is 34.6 Å². The fourth-order valence-electron chi connectivity index (χ4n) is 2.02. The number of nitrogens with zero attached hydrogens (tertiary/aromatic N) is 2. The summed E-state index contributed by atoms with van der Waals surface area (Å²) >= 11 is 4.95. The Hall–Kier alpha value is -1.53. The quantitative estimate of drug-likeness (QED) is 0.700. The van der Waals surface area contributed by atoms with Crippen LogP contribution in [0, 0.1) is 5.82 Å². The molecule has 2 heterocycles. The Morgan fingerprint density at radius 2 is 2.14 bits per heavy atom. The Bertz CT molecular complexity index is 788. The highest BCUT2D eigenvalue weighted by Gasteiger charge is 2.12. The van der Waals surface area contributed by atoms with E-state index in [-0.39, 0.29) is 5.82 Å². The van der Waals surface area contributed by atoms with E-state index < -0.39 is 0 Å². The number of anilines is 1. The fourth-order valence-corrected chi connectivity index (χ4v) is 3.32. The molecular formula is C15H13BrFN3S. The number of benzene rings is 1. The average molecular weight is 366 g/mol. The van der Waals surface area contributed by atoms with Crippen LogP contribution in [0.15, 0.2) is 34.1 Å². The van der Waals surface area contributed by atoms with Crippen molar-refractivity contribution in [2.75, 3.05) is 11.9 Å². The molecule has 2 aromatic heterocycles. The molecule has 0 bridgehead atoms. The fraction of sp³-hybridized carbons (Fsp3) is 0.200. The van der Waals surface area contributed by atoms with Gasteiger partial charge in [-0.15, -0.1) is 11.3 Å².